The first-order chi connectivity index (χ1) is 10.7. The first kappa shape index (κ1) is 13.7. The van der Waals surface area contributed by atoms with Crippen molar-refractivity contribution in [1.29, 1.82) is 0 Å². The Morgan fingerprint density at radius 3 is 2.86 bits per heavy atom. The van der Waals surface area contributed by atoms with Crippen molar-refractivity contribution >= 4 is 27.4 Å². The van der Waals surface area contributed by atoms with Crippen LogP contribution in [-0.2, 0) is 0 Å². The lowest BCUT2D eigenvalue weighted by atomic mass is 10.1. The fraction of sp³-hybridized carbons (Fsp3) is 0.312. The fourth-order valence-electron chi connectivity index (χ4n) is 2.67. The molecule has 0 saturated heterocycles. The van der Waals surface area contributed by atoms with Gasteiger partial charge in [-0.3, -0.25) is 4.40 Å². The van der Waals surface area contributed by atoms with E-state index in [2.05, 4.69) is 53.8 Å². The maximum atomic E-state index is 4.45. The van der Waals surface area contributed by atoms with Crippen LogP contribution in [0.25, 0.3) is 5.65 Å². The van der Waals surface area contributed by atoms with Crippen LogP contribution in [0.4, 0.5) is 5.82 Å². The van der Waals surface area contributed by atoms with Gasteiger partial charge in [-0.25, -0.2) is 4.98 Å². The van der Waals surface area contributed by atoms with Crippen molar-refractivity contribution in [3.05, 3.63) is 52.5 Å². The maximum Gasteiger partial charge on any atom is 0.203 e. The summed E-state index contributed by atoms with van der Waals surface area (Å²) in [6, 6.07) is 8.31. The molecular weight excluding hydrogens is 342 g/mol. The Bertz CT molecular complexity index is 824. The Morgan fingerprint density at radius 1 is 1.27 bits per heavy atom. The van der Waals surface area contributed by atoms with Gasteiger partial charge in [0.2, 0.25) is 5.65 Å². The quantitative estimate of drug-likeness (QED) is 0.768. The van der Waals surface area contributed by atoms with Crippen LogP contribution in [0.2, 0.25) is 0 Å². The minimum Gasteiger partial charge on any atom is -0.360 e. The molecule has 1 aliphatic rings. The van der Waals surface area contributed by atoms with Gasteiger partial charge in [0.1, 0.15) is 5.82 Å². The second-order valence-electron chi connectivity index (χ2n) is 5.69. The normalized spacial score (nSPS) is 15.9. The lowest BCUT2D eigenvalue weighted by Gasteiger charge is -2.16. The molecule has 0 bridgehead atoms. The van der Waals surface area contributed by atoms with E-state index >= 15 is 0 Å². The van der Waals surface area contributed by atoms with Gasteiger partial charge in [-0.2, -0.15) is 0 Å². The summed E-state index contributed by atoms with van der Waals surface area (Å²) in [4.78, 5) is 4.45. The van der Waals surface area contributed by atoms with E-state index in [1.165, 1.54) is 18.4 Å². The zero-order valence-electron chi connectivity index (χ0n) is 12.2. The number of fused-ring (bicyclic) bond motifs is 1. The van der Waals surface area contributed by atoms with Gasteiger partial charge in [0, 0.05) is 22.8 Å². The van der Waals surface area contributed by atoms with E-state index in [1.807, 2.05) is 24.4 Å². The van der Waals surface area contributed by atoms with Crippen molar-refractivity contribution in [3.8, 4) is 0 Å². The number of rotatable bonds is 4. The summed E-state index contributed by atoms with van der Waals surface area (Å²) < 4.78 is 3.14. The molecule has 0 radical (unpaired) electrons. The van der Waals surface area contributed by atoms with E-state index in [9.17, 15) is 0 Å². The maximum absolute atomic E-state index is 4.45. The number of anilines is 1. The molecule has 1 aromatic carbocycles. The lowest BCUT2D eigenvalue weighted by Crippen LogP contribution is -2.10. The summed E-state index contributed by atoms with van der Waals surface area (Å²) in [6.45, 7) is 2.11. The molecule has 112 valence electrons. The van der Waals surface area contributed by atoms with Crippen molar-refractivity contribution in [2.24, 2.45) is 0 Å². The SMILES string of the molecule is CC(Nc1nccn2c(C3CC3)nnc12)c1ccccc1Br. The third kappa shape index (κ3) is 2.37. The van der Waals surface area contributed by atoms with Gasteiger partial charge in [0.05, 0.1) is 6.04 Å². The highest BCUT2D eigenvalue weighted by atomic mass is 79.9. The summed E-state index contributed by atoms with van der Waals surface area (Å²) in [7, 11) is 0. The van der Waals surface area contributed by atoms with Gasteiger partial charge in [-0.05, 0) is 31.4 Å². The monoisotopic (exact) mass is 357 g/mol. The van der Waals surface area contributed by atoms with Crippen LogP contribution in [-0.4, -0.2) is 19.6 Å². The minimum atomic E-state index is 0.121. The number of nitrogens with one attached hydrogen (secondary N) is 1. The molecule has 0 amide bonds. The number of hydrogen-bond acceptors (Lipinski definition) is 4. The Kier molecular flexibility index (Phi) is 3.33. The molecule has 6 heteroatoms. The number of halogens is 1. The molecule has 4 rings (SSSR count). The second kappa shape index (κ2) is 5.35. The summed E-state index contributed by atoms with van der Waals surface area (Å²) in [5.74, 6) is 2.38. The third-order valence-electron chi connectivity index (χ3n) is 4.02. The largest absolute Gasteiger partial charge is 0.360 e. The van der Waals surface area contributed by atoms with Crippen LogP contribution in [0, 0.1) is 0 Å². The third-order valence-corrected chi connectivity index (χ3v) is 4.74. The topological polar surface area (TPSA) is 55.1 Å². The van der Waals surface area contributed by atoms with E-state index in [0.717, 1.165) is 21.8 Å². The molecule has 1 fully saturated rings. The molecule has 1 aliphatic carbocycles. The van der Waals surface area contributed by atoms with Crippen molar-refractivity contribution in [3.63, 3.8) is 0 Å². The van der Waals surface area contributed by atoms with Crippen LogP contribution < -0.4 is 5.32 Å². The summed E-state index contributed by atoms with van der Waals surface area (Å²) in [5, 5.41) is 12.1. The van der Waals surface area contributed by atoms with Gasteiger partial charge in [-0.15, -0.1) is 10.2 Å². The predicted molar refractivity (Wildman–Crippen MR) is 88.9 cm³/mol. The first-order valence-corrected chi connectivity index (χ1v) is 8.24. The highest BCUT2D eigenvalue weighted by Gasteiger charge is 2.29. The molecule has 0 aliphatic heterocycles. The molecule has 5 nitrogen and oxygen atoms in total. The average Bonchev–Trinajstić information content (AvgIpc) is 3.27. The number of aromatic nitrogens is 4. The molecule has 2 aromatic heterocycles. The standard InChI is InChI=1S/C16H16BrN5/c1-10(12-4-2-3-5-13(12)17)19-14-16-21-20-15(11-6-7-11)22(16)9-8-18-14/h2-5,8-11H,6-7H2,1H3,(H,18,19). The Balaban J connectivity index is 1.68. The first-order valence-electron chi connectivity index (χ1n) is 7.44. The molecule has 22 heavy (non-hydrogen) atoms. The van der Waals surface area contributed by atoms with Crippen molar-refractivity contribution < 1.29 is 0 Å². The van der Waals surface area contributed by atoms with Crippen molar-refractivity contribution in [1.82, 2.24) is 19.6 Å². The summed E-state index contributed by atoms with van der Waals surface area (Å²) in [5.41, 5.74) is 1.98. The molecule has 1 atom stereocenters. The van der Waals surface area contributed by atoms with E-state index in [-0.39, 0.29) is 6.04 Å². The number of nitrogens with zero attached hydrogens (tertiary/aromatic N) is 4. The molecule has 3 aromatic rings. The fourth-order valence-corrected chi connectivity index (χ4v) is 3.30. The van der Waals surface area contributed by atoms with Gasteiger partial charge in [0.25, 0.3) is 0 Å². The Hall–Kier alpha value is -1.95. The predicted octanol–water partition coefficient (Wildman–Crippen LogP) is 3.94. The zero-order chi connectivity index (χ0) is 15.1. The highest BCUT2D eigenvalue weighted by Crippen LogP contribution is 2.39. The summed E-state index contributed by atoms with van der Waals surface area (Å²) >= 11 is 3.60. The van der Waals surface area contributed by atoms with E-state index in [0.29, 0.717) is 5.92 Å². The van der Waals surface area contributed by atoms with E-state index in [4.69, 9.17) is 0 Å². The van der Waals surface area contributed by atoms with Gasteiger partial charge in [0.15, 0.2) is 5.82 Å². The molecule has 0 spiro atoms. The van der Waals surface area contributed by atoms with E-state index < -0.39 is 0 Å². The molecule has 1 saturated carbocycles. The van der Waals surface area contributed by atoms with Crippen LogP contribution in [0.5, 0.6) is 0 Å². The number of hydrogen-bond donors (Lipinski definition) is 1. The molecule has 2 heterocycles. The van der Waals surface area contributed by atoms with Crippen molar-refractivity contribution in [2.45, 2.75) is 31.7 Å². The van der Waals surface area contributed by atoms with Crippen LogP contribution in [0.15, 0.2) is 41.1 Å². The van der Waals surface area contributed by atoms with Gasteiger partial charge < -0.3 is 5.32 Å². The van der Waals surface area contributed by atoms with Gasteiger partial charge >= 0.3 is 0 Å². The minimum absolute atomic E-state index is 0.121. The Labute approximate surface area is 136 Å². The Morgan fingerprint density at radius 2 is 2.09 bits per heavy atom. The average molecular weight is 358 g/mol. The van der Waals surface area contributed by atoms with Crippen LogP contribution in [0.1, 0.15) is 43.1 Å². The molecular formula is C16H16BrN5. The van der Waals surface area contributed by atoms with Gasteiger partial charge in [-0.1, -0.05) is 34.1 Å². The van der Waals surface area contributed by atoms with Crippen LogP contribution >= 0.6 is 15.9 Å². The smallest absolute Gasteiger partial charge is 0.203 e. The summed E-state index contributed by atoms with van der Waals surface area (Å²) in [6.07, 6.45) is 6.16. The van der Waals surface area contributed by atoms with Crippen LogP contribution in [0.3, 0.4) is 0 Å². The highest BCUT2D eigenvalue weighted by molar-refractivity contribution is 9.10. The van der Waals surface area contributed by atoms with E-state index in [1.54, 1.807) is 6.20 Å². The lowest BCUT2D eigenvalue weighted by molar-refractivity contribution is 0.863. The van der Waals surface area contributed by atoms with Crippen molar-refractivity contribution in [2.75, 3.05) is 5.32 Å². The zero-order valence-corrected chi connectivity index (χ0v) is 13.8. The molecule has 1 N–H and O–H groups in total. The molecule has 1 unspecified atom stereocenters. The number of benzene rings is 1. The second-order valence-corrected chi connectivity index (χ2v) is 6.54.